The number of anilines is 1. The van der Waals surface area contributed by atoms with E-state index in [9.17, 15) is 4.79 Å². The summed E-state index contributed by atoms with van der Waals surface area (Å²) in [5.74, 6) is 0.322. The van der Waals surface area contributed by atoms with E-state index >= 15 is 0 Å². The number of ether oxygens (including phenoxy) is 1. The van der Waals surface area contributed by atoms with Crippen LogP contribution >= 0.6 is 0 Å². The van der Waals surface area contributed by atoms with Crippen LogP contribution < -0.4 is 10.1 Å². The fourth-order valence-corrected chi connectivity index (χ4v) is 2.53. The number of tetrazole rings is 1. The van der Waals surface area contributed by atoms with Crippen LogP contribution in [0.1, 0.15) is 17.3 Å². The number of hydrogen-bond donors (Lipinski definition) is 2. The number of hydrogen-bond acceptors (Lipinski definition) is 7. The number of aromatic nitrogens is 6. The van der Waals surface area contributed by atoms with Crippen LogP contribution in [0.2, 0.25) is 0 Å². The molecule has 0 unspecified atom stereocenters. The summed E-state index contributed by atoms with van der Waals surface area (Å²) in [6.07, 6.45) is 0. The molecule has 124 valence electrons. The smallest absolute Gasteiger partial charge is 0.270 e. The van der Waals surface area contributed by atoms with E-state index in [2.05, 4.69) is 35.9 Å². The molecule has 0 atom stereocenters. The molecule has 0 spiro atoms. The molecule has 0 fully saturated rings. The number of H-pyrrole nitrogens is 1. The average Bonchev–Trinajstić information content (AvgIpc) is 3.13. The van der Waals surface area contributed by atoms with Gasteiger partial charge in [0.05, 0.1) is 23.2 Å². The first-order chi connectivity index (χ1) is 12.3. The summed E-state index contributed by atoms with van der Waals surface area (Å²) in [5, 5.41) is 15.7. The van der Waals surface area contributed by atoms with E-state index < -0.39 is 5.91 Å². The molecule has 0 aliphatic carbocycles. The Hall–Kier alpha value is -3.62. The van der Waals surface area contributed by atoms with Crippen LogP contribution in [-0.2, 0) is 0 Å². The van der Waals surface area contributed by atoms with E-state index in [1.54, 1.807) is 18.2 Å². The van der Waals surface area contributed by atoms with Crippen molar-refractivity contribution in [3.63, 3.8) is 0 Å². The number of rotatable bonds is 4. The summed E-state index contributed by atoms with van der Waals surface area (Å²) in [7, 11) is 0. The molecule has 2 N–H and O–H groups in total. The zero-order valence-corrected chi connectivity index (χ0v) is 13.2. The van der Waals surface area contributed by atoms with Gasteiger partial charge in [-0.3, -0.25) is 10.1 Å². The number of aromatic amines is 1. The highest BCUT2D eigenvalue weighted by Gasteiger charge is 2.16. The standard InChI is InChI=1S/C16H13N7O2/c1-2-25-12-8-4-7-11-14(12)18-13-9(5-3-6-10(13)17-11)15(24)19-16-20-22-23-21-16/h3-8H,2H2,1H3,(H2,19,20,21,22,23,24). The molecule has 2 aromatic carbocycles. The number of nitrogens with one attached hydrogen (secondary N) is 2. The molecule has 2 heterocycles. The third kappa shape index (κ3) is 2.71. The Morgan fingerprint density at radius 2 is 1.92 bits per heavy atom. The maximum absolute atomic E-state index is 12.5. The number of carbonyl (C=O) groups is 1. The minimum atomic E-state index is -0.394. The zero-order valence-electron chi connectivity index (χ0n) is 13.2. The third-order valence-electron chi connectivity index (χ3n) is 3.57. The highest BCUT2D eigenvalue weighted by atomic mass is 16.5. The molecule has 4 aromatic rings. The van der Waals surface area contributed by atoms with Gasteiger partial charge < -0.3 is 4.74 Å². The van der Waals surface area contributed by atoms with Crippen molar-refractivity contribution < 1.29 is 9.53 Å². The first-order valence-corrected chi connectivity index (χ1v) is 7.63. The first kappa shape index (κ1) is 14.9. The summed E-state index contributed by atoms with van der Waals surface area (Å²) in [4.78, 5) is 21.8. The van der Waals surface area contributed by atoms with Gasteiger partial charge in [-0.25, -0.2) is 9.97 Å². The predicted molar refractivity (Wildman–Crippen MR) is 90.3 cm³/mol. The van der Waals surface area contributed by atoms with Gasteiger partial charge in [0, 0.05) is 0 Å². The lowest BCUT2D eigenvalue weighted by molar-refractivity contribution is 0.102. The highest BCUT2D eigenvalue weighted by Crippen LogP contribution is 2.26. The summed E-state index contributed by atoms with van der Waals surface area (Å²) < 4.78 is 5.62. The lowest BCUT2D eigenvalue weighted by Gasteiger charge is -2.09. The number of nitrogens with zero attached hydrogens (tertiary/aromatic N) is 5. The molecule has 1 amide bonds. The van der Waals surface area contributed by atoms with Crippen molar-refractivity contribution in [1.29, 1.82) is 0 Å². The fraction of sp³-hybridized carbons (Fsp3) is 0.125. The largest absolute Gasteiger partial charge is 0.492 e. The monoisotopic (exact) mass is 335 g/mol. The van der Waals surface area contributed by atoms with Gasteiger partial charge in [-0.1, -0.05) is 17.2 Å². The van der Waals surface area contributed by atoms with Crippen LogP contribution in [0, 0.1) is 0 Å². The van der Waals surface area contributed by atoms with Crippen LogP contribution in [0.4, 0.5) is 5.95 Å². The second-order valence-electron chi connectivity index (χ2n) is 5.14. The molecule has 0 bridgehead atoms. The quantitative estimate of drug-likeness (QED) is 0.547. The topological polar surface area (TPSA) is 119 Å². The number of amides is 1. The highest BCUT2D eigenvalue weighted by molar-refractivity contribution is 6.11. The molecule has 0 aliphatic rings. The molecule has 2 aromatic heterocycles. The first-order valence-electron chi connectivity index (χ1n) is 7.63. The minimum absolute atomic E-state index is 0.0887. The normalized spacial score (nSPS) is 10.9. The Morgan fingerprint density at radius 3 is 2.68 bits per heavy atom. The number of carbonyl (C=O) groups excluding carboxylic acids is 1. The van der Waals surface area contributed by atoms with Gasteiger partial charge in [0.25, 0.3) is 11.9 Å². The van der Waals surface area contributed by atoms with E-state index in [1.807, 2.05) is 25.1 Å². The lowest BCUT2D eigenvalue weighted by Crippen LogP contribution is -2.14. The lowest BCUT2D eigenvalue weighted by atomic mass is 10.1. The summed E-state index contributed by atoms with van der Waals surface area (Å²) in [6, 6.07) is 10.8. The van der Waals surface area contributed by atoms with Gasteiger partial charge in [-0.05, 0) is 36.4 Å². The van der Waals surface area contributed by atoms with Crippen LogP contribution in [0.15, 0.2) is 36.4 Å². The molecule has 0 radical (unpaired) electrons. The maximum atomic E-state index is 12.5. The Labute approximate surface area is 141 Å². The Bertz CT molecular complexity index is 1060. The van der Waals surface area contributed by atoms with Crippen molar-refractivity contribution in [1.82, 2.24) is 30.6 Å². The minimum Gasteiger partial charge on any atom is -0.492 e. The molecule has 0 aliphatic heterocycles. The van der Waals surface area contributed by atoms with Crippen LogP contribution in [0.25, 0.3) is 22.1 Å². The van der Waals surface area contributed by atoms with Crippen LogP contribution in [0.3, 0.4) is 0 Å². The summed E-state index contributed by atoms with van der Waals surface area (Å²) in [5.41, 5.74) is 2.76. The Morgan fingerprint density at radius 1 is 1.12 bits per heavy atom. The summed E-state index contributed by atoms with van der Waals surface area (Å²) >= 11 is 0. The SMILES string of the molecule is CCOc1cccc2nc3cccc(C(=O)Nc4nn[nH]n4)c3nc12. The molecule has 4 rings (SSSR count). The van der Waals surface area contributed by atoms with E-state index in [0.29, 0.717) is 40.0 Å². The second-order valence-corrected chi connectivity index (χ2v) is 5.14. The Balaban J connectivity index is 1.87. The zero-order chi connectivity index (χ0) is 17.2. The number of fused-ring (bicyclic) bond motifs is 2. The van der Waals surface area contributed by atoms with Crippen LogP contribution in [-0.4, -0.2) is 43.1 Å². The molecule has 9 heteroatoms. The van der Waals surface area contributed by atoms with E-state index in [4.69, 9.17) is 4.74 Å². The average molecular weight is 335 g/mol. The van der Waals surface area contributed by atoms with Crippen molar-refractivity contribution in [3.8, 4) is 5.75 Å². The second kappa shape index (κ2) is 6.11. The van der Waals surface area contributed by atoms with Gasteiger partial charge in [0.1, 0.15) is 16.8 Å². The van der Waals surface area contributed by atoms with E-state index in [-0.39, 0.29) is 5.95 Å². The molecular formula is C16H13N7O2. The number of benzene rings is 2. The maximum Gasteiger partial charge on any atom is 0.270 e. The molecule has 0 saturated heterocycles. The molecule has 9 nitrogen and oxygen atoms in total. The molecule has 0 saturated carbocycles. The predicted octanol–water partition coefficient (Wildman–Crippen LogP) is 1.95. The van der Waals surface area contributed by atoms with Crippen LogP contribution in [0.5, 0.6) is 5.75 Å². The fourth-order valence-electron chi connectivity index (χ4n) is 2.53. The van der Waals surface area contributed by atoms with Gasteiger partial charge in [-0.2, -0.15) is 5.21 Å². The van der Waals surface area contributed by atoms with E-state index in [0.717, 1.165) is 0 Å². The van der Waals surface area contributed by atoms with Gasteiger partial charge in [-0.15, -0.1) is 5.10 Å². The third-order valence-corrected chi connectivity index (χ3v) is 3.57. The van der Waals surface area contributed by atoms with Crippen molar-refractivity contribution in [3.05, 3.63) is 42.0 Å². The van der Waals surface area contributed by atoms with E-state index in [1.165, 1.54) is 0 Å². The molecular weight excluding hydrogens is 322 g/mol. The Kier molecular flexibility index (Phi) is 3.65. The molecule has 25 heavy (non-hydrogen) atoms. The van der Waals surface area contributed by atoms with Gasteiger partial charge in [0.15, 0.2) is 0 Å². The van der Waals surface area contributed by atoms with Crippen molar-refractivity contribution in [2.24, 2.45) is 0 Å². The van der Waals surface area contributed by atoms with Crippen molar-refractivity contribution in [2.45, 2.75) is 6.92 Å². The number of para-hydroxylation sites is 2. The van der Waals surface area contributed by atoms with Crippen molar-refractivity contribution >= 4 is 33.9 Å². The summed E-state index contributed by atoms with van der Waals surface area (Å²) in [6.45, 7) is 2.41. The van der Waals surface area contributed by atoms with Gasteiger partial charge >= 0.3 is 0 Å². The van der Waals surface area contributed by atoms with Gasteiger partial charge in [0.2, 0.25) is 0 Å². The van der Waals surface area contributed by atoms with Crippen molar-refractivity contribution in [2.75, 3.05) is 11.9 Å².